The molecule has 0 bridgehead atoms. The van der Waals surface area contributed by atoms with Crippen LogP contribution in [0.3, 0.4) is 0 Å². The Bertz CT molecular complexity index is 573. The monoisotopic (exact) mass is 234 g/mol. The van der Waals surface area contributed by atoms with Gasteiger partial charge in [0.1, 0.15) is 5.69 Å². The van der Waals surface area contributed by atoms with Crippen LogP contribution >= 0.6 is 0 Å². The van der Waals surface area contributed by atoms with Crippen LogP contribution in [0.2, 0.25) is 0 Å². The average molecular weight is 234 g/mol. The normalized spacial score (nSPS) is 8.67. The van der Waals surface area contributed by atoms with E-state index in [-0.39, 0.29) is 0 Å². The Balaban J connectivity index is 2.30. The van der Waals surface area contributed by atoms with Gasteiger partial charge in [0.25, 0.3) is 0 Å². The summed E-state index contributed by atoms with van der Waals surface area (Å²) in [5.41, 5.74) is 2.63. The Morgan fingerprint density at radius 1 is 0.833 bits per heavy atom. The highest BCUT2D eigenvalue weighted by atomic mass is 16.1. The van der Waals surface area contributed by atoms with E-state index >= 15 is 0 Å². The quantitative estimate of drug-likeness (QED) is 0.605. The van der Waals surface area contributed by atoms with E-state index in [1.54, 1.807) is 36.4 Å². The first-order valence-corrected chi connectivity index (χ1v) is 5.03. The Morgan fingerprint density at radius 3 is 2.11 bits per heavy atom. The molecule has 0 unspecified atom stereocenters. The van der Waals surface area contributed by atoms with Crippen molar-refractivity contribution in [1.82, 2.24) is 0 Å². The maximum atomic E-state index is 10.1. The fourth-order valence-electron chi connectivity index (χ4n) is 1.43. The van der Waals surface area contributed by atoms with Gasteiger partial charge in [-0.25, -0.2) is 9.59 Å². The molecule has 0 amide bonds. The first-order valence-electron chi connectivity index (χ1n) is 5.03. The van der Waals surface area contributed by atoms with E-state index in [0.717, 1.165) is 11.1 Å². The van der Waals surface area contributed by atoms with Crippen LogP contribution in [0.15, 0.2) is 46.4 Å². The summed E-state index contributed by atoms with van der Waals surface area (Å²) in [6.07, 6.45) is 2.92. The molecule has 0 aromatic heterocycles. The fourth-order valence-corrected chi connectivity index (χ4v) is 1.43. The van der Waals surface area contributed by atoms with E-state index in [4.69, 9.17) is 0 Å². The third-order valence-corrected chi connectivity index (χ3v) is 2.25. The van der Waals surface area contributed by atoms with Crippen LogP contribution in [-0.4, -0.2) is 12.2 Å². The molecule has 0 aliphatic heterocycles. The molecule has 0 aliphatic rings. The summed E-state index contributed by atoms with van der Waals surface area (Å²) in [4.78, 5) is 27.1. The van der Waals surface area contributed by atoms with E-state index in [0.29, 0.717) is 11.4 Å². The smallest absolute Gasteiger partial charge is 0.211 e. The number of hydrogen-bond acceptors (Lipinski definition) is 4. The molecule has 2 aromatic rings. The zero-order valence-electron chi connectivity index (χ0n) is 9.18. The Kier molecular flexibility index (Phi) is 3.44. The number of carbonyl (C=O) groups excluding carboxylic acids is 2. The van der Waals surface area contributed by atoms with Gasteiger partial charge in [-0.2, -0.15) is 9.98 Å². The molecular weight excluding hydrogens is 228 g/mol. The summed E-state index contributed by atoms with van der Waals surface area (Å²) in [6.45, 7) is 0. The molecule has 84 valence electrons. The number of isocyanates is 2. The van der Waals surface area contributed by atoms with Gasteiger partial charge in [0, 0.05) is 5.56 Å². The third kappa shape index (κ3) is 2.58. The number of benzene rings is 1. The van der Waals surface area contributed by atoms with Gasteiger partial charge in [-0.05, 0) is 35.9 Å². The highest BCUT2D eigenvalue weighted by Crippen LogP contribution is 2.22. The van der Waals surface area contributed by atoms with Crippen molar-refractivity contribution in [3.63, 3.8) is 0 Å². The Hall–Kier alpha value is -2.98. The third-order valence-electron chi connectivity index (χ3n) is 2.25. The second kappa shape index (κ2) is 5.38. The van der Waals surface area contributed by atoms with Gasteiger partial charge in [-0.15, -0.1) is 0 Å². The SMILES string of the molecule is O=C=Nc1c#cc(-c2ccc(N=C=O)cc2)cc1. The Labute approximate surface area is 103 Å². The molecule has 0 saturated heterocycles. The van der Waals surface area contributed by atoms with Crippen LogP contribution in [0.25, 0.3) is 11.1 Å². The van der Waals surface area contributed by atoms with Crippen LogP contribution < -0.4 is 0 Å². The first-order chi connectivity index (χ1) is 8.83. The van der Waals surface area contributed by atoms with Gasteiger partial charge >= 0.3 is 0 Å². The predicted molar refractivity (Wildman–Crippen MR) is 65.1 cm³/mol. The van der Waals surface area contributed by atoms with Crippen molar-refractivity contribution in [1.29, 1.82) is 0 Å². The molecule has 2 aromatic carbocycles. The van der Waals surface area contributed by atoms with Crippen molar-refractivity contribution >= 4 is 23.5 Å². The molecular formula is C14H6N2O2. The van der Waals surface area contributed by atoms with Crippen LogP contribution in [-0.2, 0) is 9.59 Å². The molecule has 0 N–H and O–H groups in total. The lowest BCUT2D eigenvalue weighted by molar-refractivity contribution is 0.564. The van der Waals surface area contributed by atoms with Crippen LogP contribution in [0.5, 0.6) is 0 Å². The van der Waals surface area contributed by atoms with Crippen molar-refractivity contribution < 1.29 is 9.59 Å². The lowest BCUT2D eigenvalue weighted by Crippen LogP contribution is -1.74. The number of nitrogens with zero attached hydrogens (tertiary/aromatic N) is 2. The van der Waals surface area contributed by atoms with Crippen LogP contribution in [0.4, 0.5) is 11.4 Å². The summed E-state index contributed by atoms with van der Waals surface area (Å²) in [6, 6.07) is 16.0. The highest BCUT2D eigenvalue weighted by molar-refractivity contribution is 5.65. The lowest BCUT2D eigenvalue weighted by Gasteiger charge is -1.98. The standard InChI is InChI=1S/C14H6N2O2/c17-9-15-13-5-1-11(2-6-13)12-3-7-14(8-4-12)16-10-18/h1-3,5-7H. The summed E-state index contributed by atoms with van der Waals surface area (Å²) in [5.74, 6) is 0. The summed E-state index contributed by atoms with van der Waals surface area (Å²) < 4.78 is 0. The Morgan fingerprint density at radius 2 is 1.56 bits per heavy atom. The van der Waals surface area contributed by atoms with Crippen molar-refractivity contribution in [2.75, 3.05) is 0 Å². The zero-order valence-corrected chi connectivity index (χ0v) is 9.18. The maximum absolute atomic E-state index is 10.1. The number of rotatable bonds is 3. The topological polar surface area (TPSA) is 58.9 Å². The van der Waals surface area contributed by atoms with Crippen molar-refractivity contribution in [2.24, 2.45) is 9.98 Å². The number of hydrogen-bond donors (Lipinski definition) is 0. The molecule has 2 rings (SSSR count). The van der Waals surface area contributed by atoms with E-state index in [1.807, 2.05) is 0 Å². The summed E-state index contributed by atoms with van der Waals surface area (Å²) >= 11 is 0. The molecule has 0 heterocycles. The minimum Gasteiger partial charge on any atom is -0.211 e. The van der Waals surface area contributed by atoms with Crippen LogP contribution in [0.1, 0.15) is 0 Å². The minimum atomic E-state index is 0.385. The van der Waals surface area contributed by atoms with E-state index in [1.165, 1.54) is 12.2 Å². The molecule has 0 fully saturated rings. The molecule has 0 aliphatic carbocycles. The number of aliphatic imine (C=N–C) groups is 2. The average Bonchev–Trinajstić information content (AvgIpc) is 2.41. The molecule has 4 nitrogen and oxygen atoms in total. The summed E-state index contributed by atoms with van der Waals surface area (Å²) in [7, 11) is 0. The molecule has 0 spiro atoms. The molecule has 0 saturated carbocycles. The van der Waals surface area contributed by atoms with Gasteiger partial charge in [0.15, 0.2) is 0 Å². The second-order valence-electron chi connectivity index (χ2n) is 3.34. The second-order valence-corrected chi connectivity index (χ2v) is 3.34. The van der Waals surface area contributed by atoms with E-state index < -0.39 is 0 Å². The molecule has 0 atom stereocenters. The van der Waals surface area contributed by atoms with Gasteiger partial charge in [0.2, 0.25) is 12.2 Å². The van der Waals surface area contributed by atoms with E-state index in [9.17, 15) is 9.59 Å². The highest BCUT2D eigenvalue weighted by Gasteiger charge is 1.97. The van der Waals surface area contributed by atoms with Gasteiger partial charge < -0.3 is 0 Å². The fraction of sp³-hybridized carbons (Fsp3) is 0. The van der Waals surface area contributed by atoms with Gasteiger partial charge in [0.05, 0.1) is 5.69 Å². The predicted octanol–water partition coefficient (Wildman–Crippen LogP) is 2.89. The van der Waals surface area contributed by atoms with Crippen molar-refractivity contribution in [3.05, 3.63) is 48.5 Å². The zero-order chi connectivity index (χ0) is 12.8. The summed E-state index contributed by atoms with van der Waals surface area (Å²) in [5, 5.41) is 0. The van der Waals surface area contributed by atoms with E-state index in [2.05, 4.69) is 22.1 Å². The largest absolute Gasteiger partial charge is 0.241 e. The molecule has 4 heteroatoms. The maximum Gasteiger partial charge on any atom is 0.241 e. The van der Waals surface area contributed by atoms with Crippen molar-refractivity contribution in [2.45, 2.75) is 0 Å². The lowest BCUT2D eigenvalue weighted by atomic mass is 10.1. The van der Waals surface area contributed by atoms with Crippen LogP contribution in [0, 0.1) is 12.1 Å². The van der Waals surface area contributed by atoms with Gasteiger partial charge in [-0.1, -0.05) is 18.2 Å². The first kappa shape index (κ1) is 11.5. The van der Waals surface area contributed by atoms with Gasteiger partial charge in [-0.3, -0.25) is 0 Å². The molecule has 18 heavy (non-hydrogen) atoms. The molecule has 0 radical (unpaired) electrons. The van der Waals surface area contributed by atoms with Crippen molar-refractivity contribution in [3.8, 4) is 11.1 Å². The minimum absolute atomic E-state index is 0.385.